The molecule has 23 heavy (non-hydrogen) atoms. The monoisotopic (exact) mass is 343 g/mol. The summed E-state index contributed by atoms with van der Waals surface area (Å²) in [7, 11) is 0. The van der Waals surface area contributed by atoms with E-state index in [1.165, 1.54) is 0 Å². The molecule has 0 N–H and O–H groups in total. The molecule has 1 aromatic carbocycles. The predicted octanol–water partition coefficient (Wildman–Crippen LogP) is 5.21. The number of hydrogen-bond donors (Lipinski definition) is 0. The summed E-state index contributed by atoms with van der Waals surface area (Å²) in [6, 6.07) is 10.2. The van der Waals surface area contributed by atoms with Gasteiger partial charge in [0, 0.05) is 27.2 Å². The van der Waals surface area contributed by atoms with Crippen molar-refractivity contribution in [2.45, 2.75) is 6.92 Å². The number of fused-ring (bicyclic) bond motifs is 1. The first-order chi connectivity index (χ1) is 11.2. The molecule has 0 spiro atoms. The molecule has 0 bridgehead atoms. The van der Waals surface area contributed by atoms with Crippen LogP contribution in [0.5, 0.6) is 11.6 Å². The van der Waals surface area contributed by atoms with E-state index in [1.807, 2.05) is 19.1 Å². The van der Waals surface area contributed by atoms with Crippen LogP contribution in [-0.4, -0.2) is 18.2 Å². The van der Waals surface area contributed by atoms with Crippen LogP contribution in [0.25, 0.3) is 21.6 Å². The Morgan fingerprint density at radius 3 is 2.83 bits per heavy atom. The Morgan fingerprint density at radius 1 is 1.09 bits per heavy atom. The molecule has 3 aromatic rings. The van der Waals surface area contributed by atoms with Gasteiger partial charge >= 0.3 is 0 Å². The zero-order chi connectivity index (χ0) is 15.8. The van der Waals surface area contributed by atoms with E-state index in [0.29, 0.717) is 19.1 Å². The molecule has 1 aliphatic heterocycles. The predicted molar refractivity (Wildman–Crippen MR) is 93.7 cm³/mol. The second-order valence-electron chi connectivity index (χ2n) is 5.37. The van der Waals surface area contributed by atoms with Crippen molar-refractivity contribution < 1.29 is 9.47 Å². The van der Waals surface area contributed by atoms with Crippen LogP contribution in [0.2, 0.25) is 5.02 Å². The minimum atomic E-state index is 0.539. The van der Waals surface area contributed by atoms with Gasteiger partial charge in [0.25, 0.3) is 5.88 Å². The number of ether oxygens (including phenoxy) is 2. The lowest BCUT2D eigenvalue weighted by atomic mass is 10.1. The highest BCUT2D eigenvalue weighted by Gasteiger charge is 2.19. The smallest absolute Gasteiger partial charge is 0.257 e. The van der Waals surface area contributed by atoms with Crippen LogP contribution >= 0.6 is 22.9 Å². The van der Waals surface area contributed by atoms with Gasteiger partial charge in [0.15, 0.2) is 5.75 Å². The second-order valence-corrected chi connectivity index (χ2v) is 6.69. The number of aryl methyl sites for hydroxylation is 1. The van der Waals surface area contributed by atoms with Gasteiger partial charge in [-0.25, -0.2) is 4.98 Å². The quantitative estimate of drug-likeness (QED) is 0.640. The van der Waals surface area contributed by atoms with Crippen molar-refractivity contribution in [1.82, 2.24) is 4.98 Å². The molecule has 2 aromatic heterocycles. The highest BCUT2D eigenvalue weighted by atomic mass is 35.5. The molecule has 3 heterocycles. The summed E-state index contributed by atoms with van der Waals surface area (Å²) in [5.74, 6) is 1.29. The van der Waals surface area contributed by atoms with Gasteiger partial charge in [-0.3, -0.25) is 0 Å². The summed E-state index contributed by atoms with van der Waals surface area (Å²) < 4.78 is 11.3. The van der Waals surface area contributed by atoms with E-state index in [1.54, 1.807) is 17.5 Å². The van der Waals surface area contributed by atoms with Crippen LogP contribution in [0, 0.1) is 6.92 Å². The normalized spacial score (nSPS) is 13.1. The molecule has 0 amide bonds. The zero-order valence-corrected chi connectivity index (χ0v) is 14.1. The average Bonchev–Trinajstić information content (AvgIpc) is 3.04. The molecule has 4 rings (SSSR count). The van der Waals surface area contributed by atoms with Crippen molar-refractivity contribution in [1.29, 1.82) is 0 Å². The molecule has 116 valence electrons. The van der Waals surface area contributed by atoms with Gasteiger partial charge in [0.05, 0.1) is 0 Å². The van der Waals surface area contributed by atoms with E-state index in [-0.39, 0.29) is 0 Å². The maximum absolute atomic E-state index is 6.39. The number of nitrogens with zero attached hydrogens (tertiary/aromatic N) is 1. The molecule has 1 aliphatic rings. The largest absolute Gasteiger partial charge is 0.484 e. The van der Waals surface area contributed by atoms with Gasteiger partial charge in [0.1, 0.15) is 13.2 Å². The van der Waals surface area contributed by atoms with Gasteiger partial charge in [-0.1, -0.05) is 23.7 Å². The number of halogens is 1. The summed E-state index contributed by atoms with van der Waals surface area (Å²) in [6.07, 6.45) is 1.75. The Labute approximate surface area is 143 Å². The van der Waals surface area contributed by atoms with Crippen molar-refractivity contribution in [2.24, 2.45) is 0 Å². The van der Waals surface area contributed by atoms with Gasteiger partial charge < -0.3 is 9.47 Å². The van der Waals surface area contributed by atoms with Crippen LogP contribution in [0.3, 0.4) is 0 Å². The molecule has 5 heteroatoms. The van der Waals surface area contributed by atoms with Crippen LogP contribution in [0.4, 0.5) is 0 Å². The van der Waals surface area contributed by atoms with E-state index in [0.717, 1.165) is 37.9 Å². The maximum atomic E-state index is 6.39. The third kappa shape index (κ3) is 2.69. The molecule has 0 aliphatic carbocycles. The van der Waals surface area contributed by atoms with Crippen molar-refractivity contribution >= 4 is 22.9 Å². The van der Waals surface area contributed by atoms with Gasteiger partial charge in [-0.2, -0.15) is 0 Å². The molecule has 0 saturated heterocycles. The van der Waals surface area contributed by atoms with Crippen LogP contribution in [0.1, 0.15) is 5.56 Å². The summed E-state index contributed by atoms with van der Waals surface area (Å²) >= 11 is 8.05. The van der Waals surface area contributed by atoms with E-state index >= 15 is 0 Å². The molecule has 0 radical (unpaired) electrons. The fraction of sp³-hybridized carbons (Fsp3) is 0.167. The highest BCUT2D eigenvalue weighted by Crippen LogP contribution is 2.42. The number of hydrogen-bond acceptors (Lipinski definition) is 4. The molecule has 3 nitrogen and oxygen atoms in total. The number of thiophene rings is 1. The fourth-order valence-electron chi connectivity index (χ4n) is 2.62. The van der Waals surface area contributed by atoms with E-state index in [2.05, 4.69) is 28.6 Å². The topological polar surface area (TPSA) is 31.4 Å². The van der Waals surface area contributed by atoms with E-state index in [9.17, 15) is 0 Å². The Kier molecular flexibility index (Phi) is 3.71. The minimum Gasteiger partial charge on any atom is -0.484 e. The number of benzene rings is 1. The van der Waals surface area contributed by atoms with Crippen LogP contribution in [0.15, 0.2) is 41.9 Å². The minimum absolute atomic E-state index is 0.539. The fourth-order valence-corrected chi connectivity index (χ4v) is 3.96. The van der Waals surface area contributed by atoms with Crippen LogP contribution < -0.4 is 9.47 Å². The van der Waals surface area contributed by atoms with E-state index < -0.39 is 0 Å². The summed E-state index contributed by atoms with van der Waals surface area (Å²) in [6.45, 7) is 3.12. The van der Waals surface area contributed by atoms with Gasteiger partial charge in [-0.15, -0.1) is 11.3 Å². The lowest BCUT2D eigenvalue weighted by molar-refractivity contribution is 0.165. The average molecular weight is 344 g/mol. The van der Waals surface area contributed by atoms with Crippen molar-refractivity contribution in [3.05, 3.63) is 52.5 Å². The second kappa shape index (κ2) is 5.87. The third-order valence-electron chi connectivity index (χ3n) is 3.74. The Hall–Kier alpha value is -2.04. The molecule has 0 fully saturated rings. The SMILES string of the molecule is Cc1ccc(-c2cc(-c3ccnc4c3OCCO4)cs2)c(Cl)c1. The van der Waals surface area contributed by atoms with Crippen molar-refractivity contribution in [3.63, 3.8) is 0 Å². The molecule has 0 atom stereocenters. The van der Waals surface area contributed by atoms with Gasteiger partial charge in [0.2, 0.25) is 0 Å². The number of aromatic nitrogens is 1. The molecule has 0 unspecified atom stereocenters. The maximum Gasteiger partial charge on any atom is 0.257 e. The third-order valence-corrected chi connectivity index (χ3v) is 5.02. The highest BCUT2D eigenvalue weighted by molar-refractivity contribution is 7.14. The Bertz CT molecular complexity index is 875. The van der Waals surface area contributed by atoms with Crippen LogP contribution in [-0.2, 0) is 0 Å². The molecular formula is C18H14ClNO2S. The first kappa shape index (κ1) is 14.5. The van der Waals surface area contributed by atoms with Crippen molar-refractivity contribution in [3.8, 4) is 33.2 Å². The van der Waals surface area contributed by atoms with Crippen molar-refractivity contribution in [2.75, 3.05) is 13.2 Å². The van der Waals surface area contributed by atoms with Gasteiger partial charge in [-0.05, 0) is 41.6 Å². The summed E-state index contributed by atoms with van der Waals surface area (Å²) in [5, 5.41) is 2.88. The molecular weight excluding hydrogens is 330 g/mol. The lowest BCUT2D eigenvalue weighted by Crippen LogP contribution is -2.16. The number of pyridine rings is 1. The standard InChI is InChI=1S/C18H14ClNO2S/c1-11-2-3-14(15(19)8-11)16-9-12(10-23-16)13-4-5-20-18-17(13)21-6-7-22-18/h2-5,8-10H,6-7H2,1H3. The zero-order valence-electron chi connectivity index (χ0n) is 12.5. The molecule has 0 saturated carbocycles. The lowest BCUT2D eigenvalue weighted by Gasteiger charge is -2.19. The Morgan fingerprint density at radius 2 is 1.96 bits per heavy atom. The first-order valence-electron chi connectivity index (χ1n) is 7.32. The van der Waals surface area contributed by atoms with E-state index in [4.69, 9.17) is 21.1 Å². The Balaban J connectivity index is 1.77. The summed E-state index contributed by atoms with van der Waals surface area (Å²) in [4.78, 5) is 5.36. The first-order valence-corrected chi connectivity index (χ1v) is 8.58. The summed E-state index contributed by atoms with van der Waals surface area (Å²) in [5.41, 5.74) is 4.30. The number of rotatable bonds is 2.